The first-order chi connectivity index (χ1) is 13.5. The number of aryl methyl sites for hydroxylation is 2. The van der Waals surface area contributed by atoms with E-state index in [-0.39, 0.29) is 11.2 Å². The molecule has 2 heterocycles. The van der Waals surface area contributed by atoms with Gasteiger partial charge in [0.2, 0.25) is 5.78 Å². The monoisotopic (exact) mass is 376 g/mol. The van der Waals surface area contributed by atoms with E-state index in [1.165, 1.54) is 10.2 Å². The Morgan fingerprint density at radius 1 is 1.00 bits per heavy atom. The number of aromatic nitrogens is 4. The number of hydrogen-bond acceptors (Lipinski definition) is 3. The maximum Gasteiger partial charge on any atom is 0.352 e. The lowest BCUT2D eigenvalue weighted by molar-refractivity contribution is 0.511. The third kappa shape index (κ3) is 3.15. The van der Waals surface area contributed by atoms with Crippen molar-refractivity contribution >= 4 is 16.7 Å². The summed E-state index contributed by atoms with van der Waals surface area (Å²) in [5.41, 5.74) is 2.43. The number of nitrogens with zero attached hydrogens (tertiary/aromatic N) is 4. The van der Waals surface area contributed by atoms with Crippen LogP contribution in [0.25, 0.3) is 16.7 Å². The Bertz CT molecular complexity index is 1260. The Balaban J connectivity index is 1.94. The summed E-state index contributed by atoms with van der Waals surface area (Å²) in [5, 5.41) is 5.09. The third-order valence-corrected chi connectivity index (χ3v) is 5.07. The smallest absolute Gasteiger partial charge is 0.276 e. The molecule has 0 aliphatic heterocycles. The number of hydrogen-bond donors (Lipinski definition) is 0. The normalized spacial score (nSPS) is 11.7. The van der Waals surface area contributed by atoms with Gasteiger partial charge in [-0.25, -0.2) is 13.9 Å². The Labute approximate surface area is 162 Å². The summed E-state index contributed by atoms with van der Waals surface area (Å²) in [6.07, 6.45) is 0.840. The Morgan fingerprint density at radius 3 is 2.43 bits per heavy atom. The molecule has 0 spiro atoms. The average molecular weight is 376 g/mol. The van der Waals surface area contributed by atoms with Crippen molar-refractivity contribution in [1.82, 2.24) is 18.7 Å². The van der Waals surface area contributed by atoms with E-state index in [9.17, 15) is 9.59 Å². The van der Waals surface area contributed by atoms with Gasteiger partial charge in [0, 0.05) is 6.54 Å². The van der Waals surface area contributed by atoms with Crippen molar-refractivity contribution in [2.75, 3.05) is 0 Å². The summed E-state index contributed by atoms with van der Waals surface area (Å²) < 4.78 is 4.64. The van der Waals surface area contributed by atoms with Crippen molar-refractivity contribution in [2.45, 2.75) is 40.3 Å². The molecule has 0 atom stereocenters. The van der Waals surface area contributed by atoms with Crippen LogP contribution in [0.5, 0.6) is 0 Å². The van der Waals surface area contributed by atoms with Crippen LogP contribution >= 0.6 is 0 Å². The molecule has 0 bridgehead atoms. The van der Waals surface area contributed by atoms with E-state index in [2.05, 4.69) is 18.9 Å². The Morgan fingerprint density at radius 2 is 1.71 bits per heavy atom. The van der Waals surface area contributed by atoms with Crippen molar-refractivity contribution in [3.8, 4) is 0 Å². The molecule has 2 aromatic heterocycles. The molecule has 6 heteroatoms. The van der Waals surface area contributed by atoms with Gasteiger partial charge in [-0.2, -0.15) is 0 Å². The number of rotatable bonds is 5. The first kappa shape index (κ1) is 18.2. The summed E-state index contributed by atoms with van der Waals surface area (Å²) in [6.45, 7) is 7.16. The minimum Gasteiger partial charge on any atom is -0.276 e. The molecule has 0 N–H and O–H groups in total. The molecule has 0 fully saturated rings. The van der Waals surface area contributed by atoms with Gasteiger partial charge in [0.25, 0.3) is 5.56 Å². The minimum atomic E-state index is -0.231. The summed E-state index contributed by atoms with van der Waals surface area (Å²) in [7, 11) is 0. The largest absolute Gasteiger partial charge is 0.352 e. The van der Waals surface area contributed by atoms with Crippen molar-refractivity contribution in [3.63, 3.8) is 0 Å². The zero-order chi connectivity index (χ0) is 19.8. The molecular weight excluding hydrogens is 352 g/mol. The minimum absolute atomic E-state index is 0.101. The zero-order valence-electron chi connectivity index (χ0n) is 16.4. The van der Waals surface area contributed by atoms with Gasteiger partial charge in [0.05, 0.1) is 17.4 Å². The van der Waals surface area contributed by atoms with Crippen LogP contribution in [0.2, 0.25) is 0 Å². The standard InChI is InChI=1S/C22H24N4O2/c1-15(2)12-13-24-20(27)18-6-4-5-7-19(18)26-21(24)23-25(22(26)28)14-17-10-8-16(3)9-11-17/h4-11,15H,12-14H2,1-3H3. The highest BCUT2D eigenvalue weighted by molar-refractivity contribution is 5.79. The number of benzene rings is 2. The van der Waals surface area contributed by atoms with E-state index >= 15 is 0 Å². The average Bonchev–Trinajstić information content (AvgIpc) is 2.99. The molecule has 0 aliphatic rings. The van der Waals surface area contributed by atoms with E-state index < -0.39 is 0 Å². The highest BCUT2D eigenvalue weighted by Gasteiger charge is 2.17. The van der Waals surface area contributed by atoms with Crippen molar-refractivity contribution in [3.05, 3.63) is 80.5 Å². The highest BCUT2D eigenvalue weighted by Crippen LogP contribution is 2.13. The molecule has 0 saturated heterocycles. The Hall–Kier alpha value is -3.15. The fourth-order valence-electron chi connectivity index (χ4n) is 3.43. The van der Waals surface area contributed by atoms with Gasteiger partial charge in [0.15, 0.2) is 0 Å². The van der Waals surface area contributed by atoms with Crippen LogP contribution in [-0.2, 0) is 13.1 Å². The molecule has 0 saturated carbocycles. The summed E-state index contributed by atoms with van der Waals surface area (Å²) in [6, 6.07) is 15.3. The summed E-state index contributed by atoms with van der Waals surface area (Å²) in [5.74, 6) is 0.848. The molecule has 6 nitrogen and oxygen atoms in total. The molecule has 0 amide bonds. The quantitative estimate of drug-likeness (QED) is 0.537. The molecule has 0 radical (unpaired) electrons. The van der Waals surface area contributed by atoms with Crippen LogP contribution in [0, 0.1) is 12.8 Å². The van der Waals surface area contributed by atoms with Crippen LogP contribution in [-0.4, -0.2) is 18.7 Å². The predicted octanol–water partition coefficient (Wildman–Crippen LogP) is 3.21. The lowest BCUT2D eigenvalue weighted by Gasteiger charge is -2.10. The lowest BCUT2D eigenvalue weighted by Crippen LogP contribution is -2.27. The SMILES string of the molecule is Cc1ccc(Cn2nc3n(CCC(C)C)c(=O)c4ccccc4n3c2=O)cc1. The van der Waals surface area contributed by atoms with Gasteiger partial charge in [-0.05, 0) is 37.0 Å². The lowest BCUT2D eigenvalue weighted by atomic mass is 10.1. The fraction of sp³-hybridized carbons (Fsp3) is 0.318. The van der Waals surface area contributed by atoms with Gasteiger partial charge >= 0.3 is 5.69 Å². The second-order valence-corrected chi connectivity index (χ2v) is 7.72. The molecule has 0 aliphatic carbocycles. The van der Waals surface area contributed by atoms with Crippen molar-refractivity contribution in [1.29, 1.82) is 0 Å². The van der Waals surface area contributed by atoms with Crippen LogP contribution in [0.15, 0.2) is 58.1 Å². The first-order valence-corrected chi connectivity index (χ1v) is 9.62. The second-order valence-electron chi connectivity index (χ2n) is 7.72. The van der Waals surface area contributed by atoms with Crippen molar-refractivity contribution in [2.24, 2.45) is 5.92 Å². The van der Waals surface area contributed by atoms with Gasteiger partial charge in [-0.3, -0.25) is 9.36 Å². The van der Waals surface area contributed by atoms with E-state index in [1.807, 2.05) is 43.3 Å². The van der Waals surface area contributed by atoms with Crippen LogP contribution < -0.4 is 11.2 Å². The molecule has 4 aromatic rings. The second kappa shape index (κ2) is 7.11. The van der Waals surface area contributed by atoms with Crippen LogP contribution in [0.3, 0.4) is 0 Å². The maximum absolute atomic E-state index is 13.2. The molecule has 4 rings (SSSR count). The summed E-state index contributed by atoms with van der Waals surface area (Å²) >= 11 is 0. The fourth-order valence-corrected chi connectivity index (χ4v) is 3.43. The highest BCUT2D eigenvalue weighted by atomic mass is 16.2. The maximum atomic E-state index is 13.2. The molecule has 28 heavy (non-hydrogen) atoms. The molecule has 2 aromatic carbocycles. The van der Waals surface area contributed by atoms with Crippen LogP contribution in [0.1, 0.15) is 31.4 Å². The van der Waals surface area contributed by atoms with Crippen LogP contribution in [0.4, 0.5) is 0 Å². The first-order valence-electron chi connectivity index (χ1n) is 9.62. The van der Waals surface area contributed by atoms with Gasteiger partial charge in [-0.1, -0.05) is 55.8 Å². The van der Waals surface area contributed by atoms with E-state index in [0.717, 1.165) is 12.0 Å². The van der Waals surface area contributed by atoms with Crippen molar-refractivity contribution < 1.29 is 0 Å². The number of para-hydroxylation sites is 1. The predicted molar refractivity (Wildman–Crippen MR) is 111 cm³/mol. The topological polar surface area (TPSA) is 61.3 Å². The van der Waals surface area contributed by atoms with Gasteiger partial charge in [-0.15, -0.1) is 5.10 Å². The van der Waals surface area contributed by atoms with Gasteiger partial charge < -0.3 is 0 Å². The zero-order valence-corrected chi connectivity index (χ0v) is 16.4. The summed E-state index contributed by atoms with van der Waals surface area (Å²) in [4.78, 5) is 26.2. The van der Waals surface area contributed by atoms with Gasteiger partial charge in [0.1, 0.15) is 0 Å². The van der Waals surface area contributed by atoms with E-state index in [1.54, 1.807) is 21.1 Å². The Kier molecular flexibility index (Phi) is 4.63. The number of fused-ring (bicyclic) bond motifs is 3. The van der Waals surface area contributed by atoms with E-state index in [0.29, 0.717) is 35.7 Å². The molecular formula is C22H24N4O2. The van der Waals surface area contributed by atoms with E-state index in [4.69, 9.17) is 0 Å². The molecule has 144 valence electrons. The third-order valence-electron chi connectivity index (χ3n) is 5.07. The molecule has 0 unspecified atom stereocenters.